The predicted molar refractivity (Wildman–Crippen MR) is 108 cm³/mol. The molecular weight excluding hydrogens is 364 g/mol. The lowest BCUT2D eigenvalue weighted by molar-refractivity contribution is -0.131. The molecule has 2 saturated heterocycles. The minimum absolute atomic E-state index is 0.144. The molecule has 0 bridgehead atoms. The van der Waals surface area contributed by atoms with Crippen LogP contribution in [0.5, 0.6) is 5.75 Å². The molecule has 1 aromatic carbocycles. The van der Waals surface area contributed by atoms with E-state index < -0.39 is 0 Å². The van der Waals surface area contributed by atoms with Crippen LogP contribution in [-0.4, -0.2) is 86.6 Å². The number of likely N-dealkylation sites (tertiary alicyclic amines) is 1. The number of carbonyl (C=O) groups excluding carboxylic acids is 1. The summed E-state index contributed by atoms with van der Waals surface area (Å²) in [6.45, 7) is 6.15. The van der Waals surface area contributed by atoms with Gasteiger partial charge in [-0.15, -0.1) is 0 Å². The zero-order valence-corrected chi connectivity index (χ0v) is 17.0. The second-order valence-electron chi connectivity index (χ2n) is 7.99. The zero-order valence-electron chi connectivity index (χ0n) is 16.2. The van der Waals surface area contributed by atoms with Crippen molar-refractivity contribution < 1.29 is 9.53 Å². The van der Waals surface area contributed by atoms with E-state index in [4.69, 9.17) is 16.3 Å². The number of nitrogens with one attached hydrogen (secondary N) is 1. The molecule has 1 aliphatic carbocycles. The Balaban J connectivity index is 1.31. The first-order chi connectivity index (χ1) is 13.0. The van der Waals surface area contributed by atoms with Gasteiger partial charge in [-0.1, -0.05) is 11.6 Å². The number of piperazine rings is 1. The van der Waals surface area contributed by atoms with Crippen LogP contribution in [0.2, 0.25) is 5.02 Å². The second kappa shape index (κ2) is 7.86. The summed E-state index contributed by atoms with van der Waals surface area (Å²) in [4.78, 5) is 19.5. The molecule has 2 heterocycles. The van der Waals surface area contributed by atoms with Crippen LogP contribution in [0.25, 0.3) is 0 Å². The highest BCUT2D eigenvalue weighted by Gasteiger charge is 2.32. The smallest absolute Gasteiger partial charge is 0.241 e. The Kier molecular flexibility index (Phi) is 5.48. The zero-order chi connectivity index (χ0) is 19.0. The van der Waals surface area contributed by atoms with E-state index in [1.165, 1.54) is 12.8 Å². The molecule has 0 unspecified atom stereocenters. The predicted octanol–water partition coefficient (Wildman–Crippen LogP) is 2.10. The van der Waals surface area contributed by atoms with Gasteiger partial charge in [0, 0.05) is 56.4 Å². The molecule has 0 atom stereocenters. The van der Waals surface area contributed by atoms with E-state index in [9.17, 15) is 4.79 Å². The quantitative estimate of drug-likeness (QED) is 0.803. The minimum Gasteiger partial charge on any atom is -0.495 e. The van der Waals surface area contributed by atoms with Crippen LogP contribution in [0, 0.1) is 0 Å². The van der Waals surface area contributed by atoms with Crippen molar-refractivity contribution in [1.29, 1.82) is 0 Å². The number of rotatable bonds is 6. The Morgan fingerprint density at radius 2 is 1.93 bits per heavy atom. The van der Waals surface area contributed by atoms with Gasteiger partial charge in [0.05, 0.1) is 19.3 Å². The molecule has 3 fully saturated rings. The van der Waals surface area contributed by atoms with Crippen molar-refractivity contribution in [3.05, 3.63) is 22.7 Å². The Morgan fingerprint density at radius 1 is 1.22 bits per heavy atom. The summed E-state index contributed by atoms with van der Waals surface area (Å²) >= 11 is 6.37. The van der Waals surface area contributed by atoms with E-state index in [0.29, 0.717) is 17.7 Å². The Bertz CT molecular complexity index is 695. The van der Waals surface area contributed by atoms with E-state index in [1.807, 2.05) is 11.0 Å². The third-order valence-electron chi connectivity index (χ3n) is 5.99. The van der Waals surface area contributed by atoms with Crippen molar-refractivity contribution in [2.45, 2.75) is 24.8 Å². The summed E-state index contributed by atoms with van der Waals surface area (Å²) in [6.07, 6.45) is 2.37. The summed E-state index contributed by atoms with van der Waals surface area (Å²) < 4.78 is 5.44. The number of anilines is 1. The van der Waals surface area contributed by atoms with Crippen LogP contribution < -0.4 is 10.1 Å². The van der Waals surface area contributed by atoms with Crippen LogP contribution in [0.3, 0.4) is 0 Å². The van der Waals surface area contributed by atoms with Gasteiger partial charge in [-0.25, -0.2) is 0 Å². The molecule has 7 heteroatoms. The number of likely N-dealkylation sites (N-methyl/N-ethyl adjacent to an activating group) is 1. The molecule has 0 radical (unpaired) electrons. The molecular formula is C20H29ClN4O2. The first-order valence-corrected chi connectivity index (χ1v) is 10.2. The fourth-order valence-corrected chi connectivity index (χ4v) is 4.41. The summed E-state index contributed by atoms with van der Waals surface area (Å²) in [5.41, 5.74) is 2.01. The average molecular weight is 393 g/mol. The maximum absolute atomic E-state index is 12.7. The minimum atomic E-state index is 0.144. The van der Waals surface area contributed by atoms with Crippen molar-refractivity contribution in [2.24, 2.45) is 0 Å². The monoisotopic (exact) mass is 392 g/mol. The van der Waals surface area contributed by atoms with Crippen molar-refractivity contribution in [1.82, 2.24) is 14.7 Å². The fourth-order valence-electron chi connectivity index (χ4n) is 4.10. The molecule has 3 aliphatic rings. The summed E-state index contributed by atoms with van der Waals surface area (Å²) in [7, 11) is 3.79. The van der Waals surface area contributed by atoms with Crippen LogP contribution >= 0.6 is 11.6 Å². The summed E-state index contributed by atoms with van der Waals surface area (Å²) in [5, 5.41) is 4.03. The first-order valence-electron chi connectivity index (χ1n) is 9.87. The van der Waals surface area contributed by atoms with Crippen LogP contribution in [0.1, 0.15) is 24.3 Å². The molecule has 2 aliphatic heterocycles. The lowest BCUT2D eigenvalue weighted by atomic mass is 10.1. The number of carbonyl (C=O) groups is 1. The normalized spacial score (nSPS) is 21.8. The molecule has 0 spiro atoms. The summed E-state index contributed by atoms with van der Waals surface area (Å²) in [5.74, 6) is 1.39. The Hall–Kier alpha value is -1.50. The maximum atomic E-state index is 12.7. The Labute approximate surface area is 166 Å². The lowest BCUT2D eigenvalue weighted by Crippen LogP contribution is -2.62. The topological polar surface area (TPSA) is 48.1 Å². The van der Waals surface area contributed by atoms with Crippen molar-refractivity contribution in [2.75, 3.05) is 65.3 Å². The molecule has 1 N–H and O–H groups in total. The number of nitrogens with zero attached hydrogens (tertiary/aromatic N) is 3. The SMILES string of the molecule is COc1cc(Cl)c(C2CC2)cc1NCC(=O)N1CCN(C2CN(C)C2)CC1. The number of methoxy groups -OCH3 is 1. The van der Waals surface area contributed by atoms with E-state index in [0.717, 1.165) is 55.5 Å². The van der Waals surface area contributed by atoms with E-state index in [-0.39, 0.29) is 12.5 Å². The highest BCUT2D eigenvalue weighted by molar-refractivity contribution is 6.31. The van der Waals surface area contributed by atoms with Crippen molar-refractivity contribution >= 4 is 23.2 Å². The van der Waals surface area contributed by atoms with Gasteiger partial charge in [0.2, 0.25) is 5.91 Å². The third kappa shape index (κ3) is 4.18. The number of amides is 1. The number of halogens is 1. The molecule has 6 nitrogen and oxygen atoms in total. The van der Waals surface area contributed by atoms with Gasteiger partial charge in [-0.2, -0.15) is 0 Å². The molecule has 1 aromatic rings. The fraction of sp³-hybridized carbons (Fsp3) is 0.650. The standard InChI is InChI=1S/C20H29ClN4O2/c1-23-12-15(13-23)24-5-7-25(8-6-24)20(26)11-22-18-9-16(14-3-4-14)17(21)10-19(18)27-2/h9-10,14-15,22H,3-8,11-13H2,1-2H3. The first kappa shape index (κ1) is 18.8. The highest BCUT2D eigenvalue weighted by Crippen LogP contribution is 2.46. The van der Waals surface area contributed by atoms with E-state index in [2.05, 4.69) is 28.2 Å². The molecule has 0 aromatic heterocycles. The van der Waals surface area contributed by atoms with Gasteiger partial charge >= 0.3 is 0 Å². The molecule has 148 valence electrons. The van der Waals surface area contributed by atoms with Gasteiger partial charge in [0.15, 0.2) is 0 Å². The van der Waals surface area contributed by atoms with Crippen LogP contribution in [0.15, 0.2) is 12.1 Å². The number of benzene rings is 1. The van der Waals surface area contributed by atoms with Gasteiger partial charge in [-0.05, 0) is 37.4 Å². The number of hydrogen-bond acceptors (Lipinski definition) is 5. The van der Waals surface area contributed by atoms with Crippen molar-refractivity contribution in [3.63, 3.8) is 0 Å². The average Bonchev–Trinajstić information content (AvgIpc) is 3.49. The molecule has 4 rings (SSSR count). The second-order valence-corrected chi connectivity index (χ2v) is 8.40. The third-order valence-corrected chi connectivity index (χ3v) is 6.32. The maximum Gasteiger partial charge on any atom is 0.241 e. The van der Waals surface area contributed by atoms with Crippen molar-refractivity contribution in [3.8, 4) is 5.75 Å². The molecule has 1 amide bonds. The largest absolute Gasteiger partial charge is 0.495 e. The van der Waals surface area contributed by atoms with Gasteiger partial charge in [0.25, 0.3) is 0 Å². The van der Waals surface area contributed by atoms with E-state index in [1.54, 1.807) is 7.11 Å². The van der Waals surface area contributed by atoms with E-state index >= 15 is 0 Å². The molecule has 1 saturated carbocycles. The highest BCUT2D eigenvalue weighted by atomic mass is 35.5. The number of ether oxygens (including phenoxy) is 1. The Morgan fingerprint density at radius 3 is 2.52 bits per heavy atom. The summed E-state index contributed by atoms with van der Waals surface area (Å²) in [6, 6.07) is 4.58. The lowest BCUT2D eigenvalue weighted by Gasteiger charge is -2.46. The van der Waals surface area contributed by atoms with Gasteiger partial charge < -0.3 is 19.9 Å². The van der Waals surface area contributed by atoms with Gasteiger partial charge in [-0.3, -0.25) is 9.69 Å². The molecule has 27 heavy (non-hydrogen) atoms. The van der Waals surface area contributed by atoms with Crippen LogP contribution in [-0.2, 0) is 4.79 Å². The number of hydrogen-bond donors (Lipinski definition) is 1. The van der Waals surface area contributed by atoms with Crippen LogP contribution in [0.4, 0.5) is 5.69 Å². The van der Waals surface area contributed by atoms with Gasteiger partial charge in [0.1, 0.15) is 5.75 Å².